The Kier molecular flexibility index (Phi) is 4.00. The number of nitrogens with zero attached hydrogens (tertiary/aromatic N) is 6. The fourth-order valence-corrected chi connectivity index (χ4v) is 2.07. The van der Waals surface area contributed by atoms with Gasteiger partial charge < -0.3 is 9.47 Å². The molecule has 9 heteroatoms. The molecule has 118 valence electrons. The highest BCUT2D eigenvalue weighted by Gasteiger charge is 2.15. The van der Waals surface area contributed by atoms with E-state index in [1.54, 1.807) is 31.4 Å². The molecule has 0 atom stereocenters. The summed E-state index contributed by atoms with van der Waals surface area (Å²) in [6, 6.07) is 7.00. The highest BCUT2D eigenvalue weighted by molar-refractivity contribution is 5.49. The second-order valence-electron chi connectivity index (χ2n) is 4.62. The largest absolute Gasteiger partial charge is 0.496 e. The minimum Gasteiger partial charge on any atom is -0.496 e. The molecule has 0 radical (unpaired) electrons. The highest BCUT2D eigenvalue weighted by Crippen LogP contribution is 2.25. The van der Waals surface area contributed by atoms with Crippen molar-refractivity contribution in [3.8, 4) is 17.2 Å². The van der Waals surface area contributed by atoms with E-state index < -0.39 is 0 Å². The molecule has 3 aromatic rings. The van der Waals surface area contributed by atoms with E-state index in [1.807, 2.05) is 0 Å². The normalized spacial score (nSPS) is 10.5. The molecule has 2 heterocycles. The lowest BCUT2D eigenvalue weighted by Crippen LogP contribution is -2.23. The molecule has 0 aliphatic heterocycles. The summed E-state index contributed by atoms with van der Waals surface area (Å²) in [4.78, 5) is 12.1. The zero-order valence-electron chi connectivity index (χ0n) is 12.6. The predicted octanol–water partition coefficient (Wildman–Crippen LogP) is 0.344. The Morgan fingerprint density at radius 2 is 2.04 bits per heavy atom. The average Bonchev–Trinajstić information content (AvgIpc) is 2.92. The van der Waals surface area contributed by atoms with E-state index in [2.05, 4.69) is 20.6 Å². The van der Waals surface area contributed by atoms with E-state index in [0.29, 0.717) is 22.7 Å². The fraction of sp³-hybridized carbons (Fsp3) is 0.214. The van der Waals surface area contributed by atoms with Crippen molar-refractivity contribution in [1.29, 1.82) is 0 Å². The average molecular weight is 314 g/mol. The first-order chi connectivity index (χ1) is 11.2. The van der Waals surface area contributed by atoms with Crippen molar-refractivity contribution in [2.75, 3.05) is 7.11 Å². The van der Waals surface area contributed by atoms with E-state index in [4.69, 9.17) is 9.47 Å². The molecular formula is C14H14N6O3. The molecule has 0 spiro atoms. The third-order valence-electron chi connectivity index (χ3n) is 3.22. The van der Waals surface area contributed by atoms with E-state index in [1.165, 1.54) is 24.1 Å². The molecule has 3 rings (SSSR count). The van der Waals surface area contributed by atoms with Crippen LogP contribution in [0.25, 0.3) is 5.69 Å². The molecule has 0 N–H and O–H groups in total. The monoisotopic (exact) mass is 314 g/mol. The lowest BCUT2D eigenvalue weighted by Gasteiger charge is -2.13. The minimum absolute atomic E-state index is 0.175. The molecule has 0 unspecified atom stereocenters. The summed E-state index contributed by atoms with van der Waals surface area (Å²) >= 11 is 0. The van der Waals surface area contributed by atoms with Crippen molar-refractivity contribution in [3.05, 3.63) is 52.7 Å². The highest BCUT2D eigenvalue weighted by atomic mass is 16.5. The quantitative estimate of drug-likeness (QED) is 0.670. The van der Waals surface area contributed by atoms with Gasteiger partial charge in [-0.2, -0.15) is 19.6 Å². The summed E-state index contributed by atoms with van der Waals surface area (Å²) in [6.45, 7) is 0.175. The number of tetrazole rings is 1. The van der Waals surface area contributed by atoms with Gasteiger partial charge in [0.2, 0.25) is 0 Å². The summed E-state index contributed by atoms with van der Waals surface area (Å²) in [6.07, 6.45) is 3.04. The minimum atomic E-state index is -0.356. The molecule has 0 amide bonds. The first-order valence-electron chi connectivity index (χ1n) is 6.75. The van der Waals surface area contributed by atoms with Crippen LogP contribution >= 0.6 is 0 Å². The molecule has 23 heavy (non-hydrogen) atoms. The molecule has 1 aromatic carbocycles. The zero-order chi connectivity index (χ0) is 16.2. The van der Waals surface area contributed by atoms with Gasteiger partial charge >= 0.3 is 5.69 Å². The van der Waals surface area contributed by atoms with Crippen LogP contribution in [0.5, 0.6) is 11.5 Å². The number of benzene rings is 1. The van der Waals surface area contributed by atoms with Crippen molar-refractivity contribution >= 4 is 0 Å². The first kappa shape index (κ1) is 14.7. The van der Waals surface area contributed by atoms with E-state index in [9.17, 15) is 4.79 Å². The third kappa shape index (κ3) is 2.89. The second kappa shape index (κ2) is 6.26. The van der Waals surface area contributed by atoms with Crippen LogP contribution in [-0.4, -0.2) is 37.1 Å². The number of hydrogen-bond acceptors (Lipinski definition) is 7. The number of aryl methyl sites for hydroxylation is 1. The summed E-state index contributed by atoms with van der Waals surface area (Å²) in [5.41, 5.74) is 0.865. The Balaban J connectivity index is 2.00. The number of ether oxygens (including phenoxy) is 2. The van der Waals surface area contributed by atoms with Gasteiger partial charge in [-0.15, -0.1) is 0 Å². The lowest BCUT2D eigenvalue weighted by atomic mass is 10.1. The molecule has 0 saturated heterocycles. The van der Waals surface area contributed by atoms with Gasteiger partial charge in [0.15, 0.2) is 0 Å². The summed E-state index contributed by atoms with van der Waals surface area (Å²) in [5, 5.41) is 15.0. The smallest absolute Gasteiger partial charge is 0.368 e. The summed E-state index contributed by atoms with van der Waals surface area (Å²) < 4.78 is 13.4. The van der Waals surface area contributed by atoms with Gasteiger partial charge in [-0.05, 0) is 22.6 Å². The maximum Gasteiger partial charge on any atom is 0.368 e. The van der Waals surface area contributed by atoms with Crippen LogP contribution < -0.4 is 15.2 Å². The number of aromatic nitrogens is 6. The maximum absolute atomic E-state index is 12.1. The molecule has 0 saturated carbocycles. The van der Waals surface area contributed by atoms with Crippen LogP contribution in [0.1, 0.15) is 5.56 Å². The van der Waals surface area contributed by atoms with Gasteiger partial charge in [0.05, 0.1) is 30.8 Å². The van der Waals surface area contributed by atoms with Crippen LogP contribution in [0.2, 0.25) is 0 Å². The lowest BCUT2D eigenvalue weighted by molar-refractivity contribution is 0.294. The number of rotatable bonds is 5. The first-order valence-corrected chi connectivity index (χ1v) is 6.75. The van der Waals surface area contributed by atoms with Gasteiger partial charge in [0.25, 0.3) is 0 Å². The van der Waals surface area contributed by atoms with Crippen LogP contribution in [0.15, 0.2) is 41.5 Å². The molecule has 0 aliphatic carbocycles. The standard InChI is InChI=1S/C14H14N6O3/c1-19-14(21)20(18-17-19)12-4-3-5-13(22-2)11(12)9-23-10-6-7-15-16-8-10/h3-8H,9H2,1-2H3. The summed E-state index contributed by atoms with van der Waals surface area (Å²) in [5.74, 6) is 1.14. The summed E-state index contributed by atoms with van der Waals surface area (Å²) in [7, 11) is 3.08. The topological polar surface area (TPSA) is 97.0 Å². The molecule has 2 aromatic heterocycles. The third-order valence-corrected chi connectivity index (χ3v) is 3.22. The fourth-order valence-electron chi connectivity index (χ4n) is 2.07. The maximum atomic E-state index is 12.1. The number of hydrogen-bond donors (Lipinski definition) is 0. The van der Waals surface area contributed by atoms with Gasteiger partial charge in [-0.3, -0.25) is 0 Å². The molecule has 0 aliphatic rings. The zero-order valence-corrected chi connectivity index (χ0v) is 12.6. The van der Waals surface area contributed by atoms with Crippen LogP contribution in [-0.2, 0) is 13.7 Å². The SMILES string of the molecule is COc1cccc(-n2nnn(C)c2=O)c1COc1ccnnc1. The predicted molar refractivity (Wildman–Crippen MR) is 79.5 cm³/mol. The van der Waals surface area contributed by atoms with Crippen LogP contribution in [0.3, 0.4) is 0 Å². The van der Waals surface area contributed by atoms with E-state index in [-0.39, 0.29) is 12.3 Å². The van der Waals surface area contributed by atoms with Crippen molar-refractivity contribution in [2.45, 2.75) is 6.61 Å². The molecule has 0 bridgehead atoms. The molecular weight excluding hydrogens is 300 g/mol. The van der Waals surface area contributed by atoms with Gasteiger partial charge in [-0.25, -0.2) is 4.79 Å². The van der Waals surface area contributed by atoms with Crippen molar-refractivity contribution in [1.82, 2.24) is 30.0 Å². The van der Waals surface area contributed by atoms with Gasteiger partial charge in [0.1, 0.15) is 18.1 Å². The Morgan fingerprint density at radius 3 is 2.70 bits per heavy atom. The van der Waals surface area contributed by atoms with Crippen molar-refractivity contribution in [3.63, 3.8) is 0 Å². The van der Waals surface area contributed by atoms with Gasteiger partial charge in [0, 0.05) is 13.1 Å². The number of methoxy groups -OCH3 is 1. The van der Waals surface area contributed by atoms with Gasteiger partial charge in [-0.1, -0.05) is 6.07 Å². The van der Waals surface area contributed by atoms with Crippen LogP contribution in [0.4, 0.5) is 0 Å². The molecule has 9 nitrogen and oxygen atoms in total. The van der Waals surface area contributed by atoms with Crippen molar-refractivity contribution < 1.29 is 9.47 Å². The second-order valence-corrected chi connectivity index (χ2v) is 4.62. The van der Waals surface area contributed by atoms with E-state index >= 15 is 0 Å². The van der Waals surface area contributed by atoms with Crippen molar-refractivity contribution in [2.24, 2.45) is 7.05 Å². The van der Waals surface area contributed by atoms with E-state index in [0.717, 1.165) is 4.68 Å². The Labute approximate surface area is 131 Å². The molecule has 0 fully saturated rings. The Morgan fingerprint density at radius 1 is 1.17 bits per heavy atom. The Hall–Kier alpha value is -3.23. The van der Waals surface area contributed by atoms with Crippen LogP contribution in [0, 0.1) is 0 Å². The Bertz CT molecular complexity index is 858.